The molecule has 0 aliphatic rings. The van der Waals surface area contributed by atoms with E-state index in [9.17, 15) is 0 Å². The zero-order valence-electron chi connectivity index (χ0n) is 8.33. The highest BCUT2D eigenvalue weighted by molar-refractivity contribution is 5.82. The Hall–Kier alpha value is -1.41. The van der Waals surface area contributed by atoms with Gasteiger partial charge in [0.25, 0.3) is 0 Å². The average Bonchev–Trinajstić information content (AvgIpc) is 2.27. The smallest absolute Gasteiger partial charge is 0.0707 e. The van der Waals surface area contributed by atoms with Crippen LogP contribution in [0.15, 0.2) is 30.5 Å². The first kappa shape index (κ1) is 9.16. The van der Waals surface area contributed by atoms with Gasteiger partial charge in [-0.2, -0.15) is 0 Å². The van der Waals surface area contributed by atoms with Gasteiger partial charge in [0.1, 0.15) is 0 Å². The van der Waals surface area contributed by atoms with Crippen molar-refractivity contribution in [3.05, 3.63) is 41.6 Å². The number of aryl methyl sites for hydroxylation is 1. The zero-order valence-corrected chi connectivity index (χ0v) is 8.33. The Kier molecular flexibility index (Phi) is 2.46. The SMILES string of the molecule is CCc1ccnc2cc(CN)ccc12. The van der Waals surface area contributed by atoms with Crippen molar-refractivity contribution in [1.82, 2.24) is 4.98 Å². The molecule has 72 valence electrons. The Labute approximate surface area is 83.8 Å². The Morgan fingerprint density at radius 2 is 2.14 bits per heavy atom. The third-order valence-electron chi connectivity index (χ3n) is 2.51. The molecule has 0 saturated heterocycles. The van der Waals surface area contributed by atoms with Crippen molar-refractivity contribution in [1.29, 1.82) is 0 Å². The standard InChI is InChI=1S/C12H14N2/c1-2-10-5-6-14-12-7-9(8-13)3-4-11(10)12/h3-7H,2,8,13H2,1H3. The highest BCUT2D eigenvalue weighted by Gasteiger charge is 2.00. The molecule has 2 nitrogen and oxygen atoms in total. The fourth-order valence-corrected chi connectivity index (χ4v) is 1.69. The maximum Gasteiger partial charge on any atom is 0.0707 e. The molecule has 2 heteroatoms. The number of rotatable bonds is 2. The second-order valence-corrected chi connectivity index (χ2v) is 3.38. The van der Waals surface area contributed by atoms with Gasteiger partial charge < -0.3 is 5.73 Å². The van der Waals surface area contributed by atoms with Gasteiger partial charge in [-0.25, -0.2) is 0 Å². The highest BCUT2D eigenvalue weighted by atomic mass is 14.6. The largest absolute Gasteiger partial charge is 0.326 e. The number of hydrogen-bond acceptors (Lipinski definition) is 2. The molecule has 1 heterocycles. The second kappa shape index (κ2) is 3.76. The van der Waals surface area contributed by atoms with E-state index < -0.39 is 0 Å². The number of aromatic nitrogens is 1. The van der Waals surface area contributed by atoms with E-state index in [1.807, 2.05) is 6.20 Å². The van der Waals surface area contributed by atoms with Gasteiger partial charge in [0.2, 0.25) is 0 Å². The zero-order chi connectivity index (χ0) is 9.97. The minimum Gasteiger partial charge on any atom is -0.326 e. The summed E-state index contributed by atoms with van der Waals surface area (Å²) in [5.74, 6) is 0. The van der Waals surface area contributed by atoms with Crippen molar-refractivity contribution in [3.63, 3.8) is 0 Å². The molecule has 0 spiro atoms. The predicted octanol–water partition coefficient (Wildman–Crippen LogP) is 2.26. The van der Waals surface area contributed by atoms with Gasteiger partial charge in [-0.3, -0.25) is 4.98 Å². The van der Waals surface area contributed by atoms with Crippen LogP contribution in [0, 0.1) is 0 Å². The van der Waals surface area contributed by atoms with Gasteiger partial charge in [0, 0.05) is 18.1 Å². The Balaban J connectivity index is 2.67. The van der Waals surface area contributed by atoms with E-state index in [2.05, 4.69) is 36.2 Å². The summed E-state index contributed by atoms with van der Waals surface area (Å²) in [6.07, 6.45) is 2.91. The minimum absolute atomic E-state index is 0.577. The topological polar surface area (TPSA) is 38.9 Å². The summed E-state index contributed by atoms with van der Waals surface area (Å²) in [5.41, 5.74) is 9.12. The van der Waals surface area contributed by atoms with Crippen LogP contribution in [0.1, 0.15) is 18.1 Å². The molecular weight excluding hydrogens is 172 g/mol. The Morgan fingerprint density at radius 1 is 1.29 bits per heavy atom. The van der Waals surface area contributed by atoms with Crippen LogP contribution in [0.25, 0.3) is 10.9 Å². The lowest BCUT2D eigenvalue weighted by Crippen LogP contribution is -1.96. The summed E-state index contributed by atoms with van der Waals surface area (Å²) in [5, 5.41) is 1.24. The molecule has 0 saturated carbocycles. The quantitative estimate of drug-likeness (QED) is 0.781. The first-order valence-electron chi connectivity index (χ1n) is 4.91. The summed E-state index contributed by atoms with van der Waals surface area (Å²) >= 11 is 0. The van der Waals surface area contributed by atoms with Crippen molar-refractivity contribution in [2.24, 2.45) is 5.73 Å². The maximum absolute atomic E-state index is 5.58. The molecule has 2 aromatic rings. The van der Waals surface area contributed by atoms with Crippen molar-refractivity contribution < 1.29 is 0 Å². The number of fused-ring (bicyclic) bond motifs is 1. The van der Waals surface area contributed by atoms with Gasteiger partial charge in [0.15, 0.2) is 0 Å². The first-order chi connectivity index (χ1) is 6.85. The number of nitrogens with zero attached hydrogens (tertiary/aromatic N) is 1. The lowest BCUT2D eigenvalue weighted by Gasteiger charge is -2.04. The average molecular weight is 186 g/mol. The molecule has 1 aromatic carbocycles. The number of nitrogens with two attached hydrogens (primary N) is 1. The van der Waals surface area contributed by atoms with Gasteiger partial charge in [-0.05, 0) is 29.7 Å². The fraction of sp³-hybridized carbons (Fsp3) is 0.250. The summed E-state index contributed by atoms with van der Waals surface area (Å²) in [4.78, 5) is 4.34. The van der Waals surface area contributed by atoms with Crippen molar-refractivity contribution >= 4 is 10.9 Å². The summed E-state index contributed by atoms with van der Waals surface area (Å²) < 4.78 is 0. The molecule has 0 aliphatic heterocycles. The van der Waals surface area contributed by atoms with E-state index in [1.54, 1.807) is 0 Å². The normalized spacial score (nSPS) is 10.7. The molecule has 0 amide bonds. The van der Waals surface area contributed by atoms with Crippen molar-refractivity contribution in [2.75, 3.05) is 0 Å². The van der Waals surface area contributed by atoms with Crippen LogP contribution in [0.5, 0.6) is 0 Å². The second-order valence-electron chi connectivity index (χ2n) is 3.38. The third kappa shape index (κ3) is 1.49. The Bertz CT molecular complexity index is 449. The monoisotopic (exact) mass is 186 g/mol. The van der Waals surface area contributed by atoms with Crippen molar-refractivity contribution in [2.45, 2.75) is 19.9 Å². The summed E-state index contributed by atoms with van der Waals surface area (Å²) in [6, 6.07) is 8.32. The molecule has 14 heavy (non-hydrogen) atoms. The van der Waals surface area contributed by atoms with Gasteiger partial charge in [-0.1, -0.05) is 19.1 Å². The number of hydrogen-bond donors (Lipinski definition) is 1. The molecule has 0 bridgehead atoms. The van der Waals surface area contributed by atoms with E-state index in [4.69, 9.17) is 5.73 Å². The number of pyridine rings is 1. The van der Waals surface area contributed by atoms with Crippen LogP contribution >= 0.6 is 0 Å². The van der Waals surface area contributed by atoms with Crippen LogP contribution in [-0.4, -0.2) is 4.98 Å². The van der Waals surface area contributed by atoms with Crippen LogP contribution < -0.4 is 5.73 Å². The summed E-state index contributed by atoms with van der Waals surface area (Å²) in [7, 11) is 0. The molecule has 0 atom stereocenters. The number of benzene rings is 1. The first-order valence-corrected chi connectivity index (χ1v) is 4.91. The lowest BCUT2D eigenvalue weighted by molar-refractivity contribution is 1.07. The Morgan fingerprint density at radius 3 is 2.86 bits per heavy atom. The van der Waals surface area contributed by atoms with E-state index in [0.717, 1.165) is 17.5 Å². The minimum atomic E-state index is 0.577. The van der Waals surface area contributed by atoms with E-state index in [-0.39, 0.29) is 0 Å². The molecule has 0 radical (unpaired) electrons. The molecule has 2 rings (SSSR count). The van der Waals surface area contributed by atoms with E-state index in [1.165, 1.54) is 10.9 Å². The fourth-order valence-electron chi connectivity index (χ4n) is 1.69. The molecule has 0 fully saturated rings. The van der Waals surface area contributed by atoms with Crippen molar-refractivity contribution in [3.8, 4) is 0 Å². The molecule has 2 N–H and O–H groups in total. The third-order valence-corrected chi connectivity index (χ3v) is 2.51. The molecule has 0 aliphatic carbocycles. The predicted molar refractivity (Wildman–Crippen MR) is 59.0 cm³/mol. The summed E-state index contributed by atoms with van der Waals surface area (Å²) in [6.45, 7) is 2.74. The molecular formula is C12H14N2. The van der Waals surface area contributed by atoms with E-state index >= 15 is 0 Å². The molecule has 0 unspecified atom stereocenters. The van der Waals surface area contributed by atoms with Gasteiger partial charge in [0.05, 0.1) is 5.52 Å². The van der Waals surface area contributed by atoms with Crippen LogP contribution in [0.2, 0.25) is 0 Å². The van der Waals surface area contributed by atoms with E-state index in [0.29, 0.717) is 6.54 Å². The highest BCUT2D eigenvalue weighted by Crippen LogP contribution is 2.18. The van der Waals surface area contributed by atoms with Crippen LogP contribution in [-0.2, 0) is 13.0 Å². The van der Waals surface area contributed by atoms with Crippen LogP contribution in [0.3, 0.4) is 0 Å². The maximum atomic E-state index is 5.58. The van der Waals surface area contributed by atoms with Gasteiger partial charge in [-0.15, -0.1) is 0 Å². The van der Waals surface area contributed by atoms with Gasteiger partial charge >= 0.3 is 0 Å². The lowest BCUT2D eigenvalue weighted by atomic mass is 10.1. The molecule has 1 aromatic heterocycles. The van der Waals surface area contributed by atoms with Crippen LogP contribution in [0.4, 0.5) is 0 Å².